The second kappa shape index (κ2) is 16.7. The number of amides is 1. The van der Waals surface area contributed by atoms with Crippen molar-refractivity contribution in [3.8, 4) is 28.3 Å². The molecular weight excluding hydrogens is 739 g/mol. The molecule has 1 atom stereocenters. The molecule has 7 rings (SSSR count). The van der Waals surface area contributed by atoms with Gasteiger partial charge in [0.1, 0.15) is 16.9 Å². The molecule has 54 heavy (non-hydrogen) atoms. The fraction of sp³-hybridized carbons (Fsp3) is 0.359. The Morgan fingerprint density at radius 3 is 2.37 bits per heavy atom. The van der Waals surface area contributed by atoms with Gasteiger partial charge >= 0.3 is 5.69 Å². The SMILES string of the molecule is CNCCC1CCCC(=O)N1.COc1nc(-c2cccc(-c3cccc(Nc4nc(C(F)F)cc5c4c(=O)n(C)c(=O)n5C)c3Cl)c2Cl)cc2c1CCC2. The van der Waals surface area contributed by atoms with Crippen LogP contribution in [0.25, 0.3) is 33.3 Å². The highest BCUT2D eigenvalue weighted by molar-refractivity contribution is 6.39. The number of benzene rings is 2. The Morgan fingerprint density at radius 1 is 0.944 bits per heavy atom. The highest BCUT2D eigenvalue weighted by Crippen LogP contribution is 2.43. The molecule has 3 aromatic heterocycles. The van der Waals surface area contributed by atoms with Gasteiger partial charge in [-0.3, -0.25) is 18.7 Å². The van der Waals surface area contributed by atoms with Crippen molar-refractivity contribution in [1.29, 1.82) is 0 Å². The number of halogens is 4. The fourth-order valence-electron chi connectivity index (χ4n) is 6.98. The Kier molecular flexibility index (Phi) is 12.0. The third kappa shape index (κ3) is 7.84. The standard InChI is InChI=1S/C31H25Cl2F2N5O3.C8H16N2O/c1-39-23-14-22(27(34)35)37-28(24(23)30(41)40(2)31(39)42)36-20-12-6-10-18(26(20)33)17-9-5-11-19(25(17)32)21-13-15-7-4-8-16(15)29(38-21)43-3;1-9-6-5-7-3-2-4-8(11)10-7/h5-6,9-14,27H,4,7-8H2,1-3H3,(H,36,37);7,9H,2-6H2,1H3,(H,10,11). The van der Waals surface area contributed by atoms with Gasteiger partial charge in [-0.1, -0.05) is 53.5 Å². The average Bonchev–Trinajstić information content (AvgIpc) is 3.65. The van der Waals surface area contributed by atoms with Gasteiger partial charge in [0.15, 0.2) is 0 Å². The fourth-order valence-corrected chi connectivity index (χ4v) is 7.58. The number of aryl methyl sites for hydroxylation is 2. The monoisotopic (exact) mass is 779 g/mol. The van der Waals surface area contributed by atoms with E-state index < -0.39 is 23.4 Å². The second-order valence-electron chi connectivity index (χ2n) is 13.3. The van der Waals surface area contributed by atoms with E-state index >= 15 is 0 Å². The van der Waals surface area contributed by atoms with Gasteiger partial charge in [0.05, 0.1) is 34.1 Å². The molecular formula is C39H41Cl2F2N7O4. The van der Waals surface area contributed by atoms with Crippen LogP contribution in [0.4, 0.5) is 20.3 Å². The molecule has 2 aliphatic rings. The summed E-state index contributed by atoms with van der Waals surface area (Å²) in [5.74, 6) is 0.653. The maximum atomic E-state index is 13.8. The van der Waals surface area contributed by atoms with Crippen LogP contribution >= 0.6 is 23.2 Å². The summed E-state index contributed by atoms with van der Waals surface area (Å²) in [6, 6.07) is 14.2. The summed E-state index contributed by atoms with van der Waals surface area (Å²) in [5.41, 5.74) is 3.23. The van der Waals surface area contributed by atoms with Crippen LogP contribution < -0.4 is 31.9 Å². The number of pyridine rings is 2. The Morgan fingerprint density at radius 2 is 1.67 bits per heavy atom. The van der Waals surface area contributed by atoms with E-state index in [4.69, 9.17) is 32.9 Å². The summed E-state index contributed by atoms with van der Waals surface area (Å²) >= 11 is 13.9. The van der Waals surface area contributed by atoms with Gasteiger partial charge in [-0.15, -0.1) is 0 Å². The molecule has 1 unspecified atom stereocenters. The van der Waals surface area contributed by atoms with Crippen LogP contribution in [-0.4, -0.2) is 51.8 Å². The number of methoxy groups -OCH3 is 1. The summed E-state index contributed by atoms with van der Waals surface area (Å²) in [5, 5.41) is 9.62. The molecule has 15 heteroatoms. The van der Waals surface area contributed by atoms with E-state index in [1.54, 1.807) is 25.3 Å². The van der Waals surface area contributed by atoms with E-state index in [1.165, 1.54) is 19.7 Å². The zero-order valence-electron chi connectivity index (χ0n) is 30.4. The van der Waals surface area contributed by atoms with Gasteiger partial charge in [-0.2, -0.15) is 0 Å². The average molecular weight is 781 g/mol. The molecule has 11 nitrogen and oxygen atoms in total. The van der Waals surface area contributed by atoms with Crippen LogP contribution in [0.2, 0.25) is 10.0 Å². The van der Waals surface area contributed by atoms with Gasteiger partial charge in [0, 0.05) is 48.8 Å². The number of fused-ring (bicyclic) bond motifs is 2. The lowest BCUT2D eigenvalue weighted by molar-refractivity contribution is -0.123. The molecule has 1 fully saturated rings. The molecule has 5 aromatic rings. The lowest BCUT2D eigenvalue weighted by Crippen LogP contribution is -2.40. The molecule has 0 spiro atoms. The number of rotatable bonds is 9. The quantitative estimate of drug-likeness (QED) is 0.144. The third-order valence-electron chi connectivity index (χ3n) is 9.82. The maximum Gasteiger partial charge on any atom is 0.330 e. The van der Waals surface area contributed by atoms with Gasteiger partial charge in [-0.05, 0) is 75.9 Å². The number of carbonyl (C=O) groups is 1. The predicted octanol–water partition coefficient (Wildman–Crippen LogP) is 7.11. The second-order valence-corrected chi connectivity index (χ2v) is 14.1. The number of carbonyl (C=O) groups excluding carboxylic acids is 1. The summed E-state index contributed by atoms with van der Waals surface area (Å²) in [7, 11) is 6.25. The van der Waals surface area contributed by atoms with Crippen LogP contribution in [0.3, 0.4) is 0 Å². The van der Waals surface area contributed by atoms with E-state index in [-0.39, 0.29) is 27.7 Å². The van der Waals surface area contributed by atoms with Crippen molar-refractivity contribution in [2.24, 2.45) is 14.1 Å². The molecule has 3 N–H and O–H groups in total. The van der Waals surface area contributed by atoms with Gasteiger partial charge in [-0.25, -0.2) is 23.5 Å². The van der Waals surface area contributed by atoms with E-state index in [0.717, 1.165) is 72.3 Å². The van der Waals surface area contributed by atoms with Gasteiger partial charge in [0.2, 0.25) is 11.8 Å². The first-order valence-electron chi connectivity index (χ1n) is 17.7. The summed E-state index contributed by atoms with van der Waals surface area (Å²) in [6.45, 7) is 0.991. The van der Waals surface area contributed by atoms with Gasteiger partial charge < -0.3 is 20.7 Å². The van der Waals surface area contributed by atoms with Crippen LogP contribution in [0.5, 0.6) is 5.88 Å². The van der Waals surface area contributed by atoms with E-state index in [0.29, 0.717) is 45.0 Å². The van der Waals surface area contributed by atoms with Crippen molar-refractivity contribution >= 4 is 51.5 Å². The van der Waals surface area contributed by atoms with Crippen molar-refractivity contribution in [3.63, 3.8) is 0 Å². The number of hydrogen-bond donors (Lipinski definition) is 3. The van der Waals surface area contributed by atoms with Crippen LogP contribution in [0.1, 0.15) is 55.4 Å². The predicted molar refractivity (Wildman–Crippen MR) is 208 cm³/mol. The minimum Gasteiger partial charge on any atom is -0.481 e. The molecule has 0 radical (unpaired) electrons. The summed E-state index contributed by atoms with van der Waals surface area (Å²) in [6.07, 6.45) is 3.92. The normalized spacial score (nSPS) is 15.1. The number of nitrogens with one attached hydrogen (secondary N) is 3. The first-order valence-corrected chi connectivity index (χ1v) is 18.4. The van der Waals surface area contributed by atoms with E-state index in [1.807, 2.05) is 31.3 Å². The first kappa shape index (κ1) is 38.9. The molecule has 1 saturated heterocycles. The van der Waals surface area contributed by atoms with Crippen molar-refractivity contribution in [2.75, 3.05) is 26.0 Å². The summed E-state index contributed by atoms with van der Waals surface area (Å²) in [4.78, 5) is 45.3. The van der Waals surface area contributed by atoms with Crippen LogP contribution in [0, 0.1) is 0 Å². The number of ether oxygens (including phenoxy) is 1. The molecule has 0 bridgehead atoms. The zero-order valence-corrected chi connectivity index (χ0v) is 31.9. The third-order valence-corrected chi connectivity index (χ3v) is 10.6. The molecule has 0 saturated carbocycles. The van der Waals surface area contributed by atoms with Crippen molar-refractivity contribution in [1.82, 2.24) is 29.7 Å². The minimum absolute atomic E-state index is 0.0150. The zero-order chi connectivity index (χ0) is 38.7. The lowest BCUT2D eigenvalue weighted by atomic mass is 9.99. The van der Waals surface area contributed by atoms with Gasteiger partial charge in [0.25, 0.3) is 12.0 Å². The Hall–Kier alpha value is -4.85. The Bertz CT molecular complexity index is 2350. The molecule has 2 aromatic carbocycles. The number of aromatic nitrogens is 4. The largest absolute Gasteiger partial charge is 0.481 e. The Balaban J connectivity index is 0.000000389. The number of anilines is 2. The maximum absolute atomic E-state index is 13.8. The number of alkyl halides is 2. The minimum atomic E-state index is -2.95. The smallest absolute Gasteiger partial charge is 0.330 e. The molecule has 1 amide bonds. The molecule has 284 valence electrons. The highest BCUT2D eigenvalue weighted by atomic mass is 35.5. The lowest BCUT2D eigenvalue weighted by Gasteiger charge is -2.22. The first-order chi connectivity index (χ1) is 25.9. The number of hydrogen-bond acceptors (Lipinski definition) is 8. The molecule has 4 heterocycles. The topological polar surface area (TPSA) is 132 Å². The van der Waals surface area contributed by atoms with Crippen LogP contribution in [0.15, 0.2) is 58.1 Å². The van der Waals surface area contributed by atoms with Crippen molar-refractivity contribution in [3.05, 3.63) is 96.2 Å². The summed E-state index contributed by atoms with van der Waals surface area (Å²) < 4.78 is 35.2. The molecule has 1 aliphatic heterocycles. The number of nitrogens with zero attached hydrogens (tertiary/aromatic N) is 4. The van der Waals surface area contributed by atoms with E-state index in [9.17, 15) is 23.2 Å². The van der Waals surface area contributed by atoms with Crippen molar-refractivity contribution in [2.45, 2.75) is 57.4 Å². The number of piperidine rings is 1. The highest BCUT2D eigenvalue weighted by Gasteiger charge is 2.23. The molecule has 1 aliphatic carbocycles. The van der Waals surface area contributed by atoms with Crippen LogP contribution in [-0.2, 0) is 31.7 Å². The van der Waals surface area contributed by atoms with E-state index in [2.05, 4.69) is 20.9 Å². The van der Waals surface area contributed by atoms with Crippen molar-refractivity contribution < 1.29 is 18.3 Å². The Labute approximate surface area is 320 Å².